The zero-order valence-corrected chi connectivity index (χ0v) is 17.9. The third-order valence-electron chi connectivity index (χ3n) is 4.89. The fourth-order valence-corrected chi connectivity index (χ4v) is 4.40. The van der Waals surface area contributed by atoms with Crippen LogP contribution in [0.25, 0.3) is 5.69 Å². The van der Waals surface area contributed by atoms with E-state index < -0.39 is 17.2 Å². The number of aromatic nitrogens is 3. The molecule has 3 amide bonds. The molecule has 1 unspecified atom stereocenters. The quantitative estimate of drug-likeness (QED) is 0.702. The number of thioether (sulfide) groups is 1. The van der Waals surface area contributed by atoms with Crippen molar-refractivity contribution in [1.29, 1.82) is 0 Å². The molecule has 3 rings (SSSR count). The normalized spacial score (nSPS) is 15.4. The van der Waals surface area contributed by atoms with Gasteiger partial charge in [-0.2, -0.15) is 0 Å². The smallest absolute Gasteiger partial charge is 0.318 e. The Morgan fingerprint density at radius 1 is 1.10 bits per heavy atom. The van der Waals surface area contributed by atoms with Crippen molar-refractivity contribution in [2.45, 2.75) is 50.4 Å². The van der Waals surface area contributed by atoms with Crippen LogP contribution in [0.15, 0.2) is 29.4 Å². The number of benzene rings is 1. The molecule has 1 saturated heterocycles. The van der Waals surface area contributed by atoms with Crippen LogP contribution in [0.3, 0.4) is 0 Å². The van der Waals surface area contributed by atoms with Gasteiger partial charge >= 0.3 is 6.03 Å². The van der Waals surface area contributed by atoms with E-state index in [4.69, 9.17) is 5.73 Å². The van der Waals surface area contributed by atoms with E-state index >= 15 is 0 Å². The number of carbonyl (C=O) groups is 2. The molecule has 8 nitrogen and oxygen atoms in total. The number of primary amides is 1. The topological polar surface area (TPSA) is 106 Å². The Morgan fingerprint density at radius 2 is 1.76 bits per heavy atom. The molecule has 1 atom stereocenters. The number of carbonyl (C=O) groups excluding carboxylic acids is 2. The summed E-state index contributed by atoms with van der Waals surface area (Å²) in [5, 5.41) is 11.2. The molecular formula is C20H28N6O2S. The van der Waals surface area contributed by atoms with E-state index in [1.54, 1.807) is 0 Å². The number of nitrogens with one attached hydrogen (secondary N) is 1. The maximum absolute atomic E-state index is 12.5. The second-order valence-electron chi connectivity index (χ2n) is 7.64. The van der Waals surface area contributed by atoms with Crippen LogP contribution in [0.2, 0.25) is 0 Å². The highest BCUT2D eigenvalue weighted by Gasteiger charge is 2.29. The van der Waals surface area contributed by atoms with Gasteiger partial charge in [0, 0.05) is 13.1 Å². The van der Waals surface area contributed by atoms with Crippen molar-refractivity contribution < 1.29 is 9.59 Å². The molecule has 0 saturated carbocycles. The molecular weight excluding hydrogens is 388 g/mol. The molecule has 1 aromatic carbocycles. The second-order valence-corrected chi connectivity index (χ2v) is 8.75. The van der Waals surface area contributed by atoms with Gasteiger partial charge in [0.15, 0.2) is 5.16 Å². The molecule has 1 aliphatic rings. The summed E-state index contributed by atoms with van der Waals surface area (Å²) in [6.45, 7) is 7.77. The molecule has 1 aromatic heterocycles. The van der Waals surface area contributed by atoms with Gasteiger partial charge in [0.1, 0.15) is 0 Å². The monoisotopic (exact) mass is 416 g/mol. The van der Waals surface area contributed by atoms with Crippen molar-refractivity contribution in [3.8, 4) is 5.69 Å². The van der Waals surface area contributed by atoms with E-state index in [1.165, 1.54) is 18.2 Å². The minimum Gasteiger partial charge on any atom is -0.351 e. The Bertz CT molecular complexity index is 858. The third kappa shape index (κ3) is 5.09. The number of anilines is 1. The summed E-state index contributed by atoms with van der Waals surface area (Å²) in [6.07, 6.45) is 3.47. The summed E-state index contributed by atoms with van der Waals surface area (Å²) in [5.41, 5.74) is 7.25. The first kappa shape index (κ1) is 21.2. The molecule has 156 valence electrons. The number of piperidine rings is 1. The van der Waals surface area contributed by atoms with Gasteiger partial charge in [-0.05, 0) is 44.2 Å². The van der Waals surface area contributed by atoms with Gasteiger partial charge in [-0.25, -0.2) is 4.79 Å². The fourth-order valence-electron chi connectivity index (χ4n) is 3.36. The van der Waals surface area contributed by atoms with Crippen molar-refractivity contribution in [3.63, 3.8) is 0 Å². The Kier molecular flexibility index (Phi) is 6.79. The second kappa shape index (κ2) is 9.30. The van der Waals surface area contributed by atoms with Crippen molar-refractivity contribution >= 4 is 29.6 Å². The zero-order valence-electron chi connectivity index (χ0n) is 17.1. The minimum absolute atomic E-state index is 0.0269. The van der Waals surface area contributed by atoms with Crippen molar-refractivity contribution in [3.05, 3.63) is 29.8 Å². The molecule has 0 spiro atoms. The molecule has 29 heavy (non-hydrogen) atoms. The Morgan fingerprint density at radius 3 is 2.34 bits per heavy atom. The lowest BCUT2D eigenvalue weighted by Gasteiger charge is -2.28. The maximum Gasteiger partial charge on any atom is 0.318 e. The van der Waals surface area contributed by atoms with Crippen LogP contribution in [0.5, 0.6) is 0 Å². The molecule has 0 aliphatic carbocycles. The first-order chi connectivity index (χ1) is 13.9. The largest absolute Gasteiger partial charge is 0.351 e. The zero-order chi connectivity index (χ0) is 21.0. The average Bonchev–Trinajstić information content (AvgIpc) is 3.10. The van der Waals surface area contributed by atoms with Gasteiger partial charge in [0.25, 0.3) is 0 Å². The number of imide groups is 1. The predicted molar refractivity (Wildman–Crippen MR) is 114 cm³/mol. The number of hydrogen-bond donors (Lipinski definition) is 2. The van der Waals surface area contributed by atoms with E-state index in [1.807, 2.05) is 49.6 Å². The van der Waals surface area contributed by atoms with Gasteiger partial charge in [0.2, 0.25) is 11.9 Å². The summed E-state index contributed by atoms with van der Waals surface area (Å²) >= 11 is 1.30. The van der Waals surface area contributed by atoms with Gasteiger partial charge in [-0.1, -0.05) is 43.3 Å². The van der Waals surface area contributed by atoms with E-state index in [0.29, 0.717) is 5.16 Å². The lowest BCUT2D eigenvalue weighted by atomic mass is 10.1. The number of aryl methyl sites for hydroxylation is 1. The van der Waals surface area contributed by atoms with Gasteiger partial charge in [-0.3, -0.25) is 14.7 Å². The van der Waals surface area contributed by atoms with E-state index in [9.17, 15) is 9.59 Å². The maximum atomic E-state index is 12.5. The molecule has 2 aromatic rings. The molecule has 3 N–H and O–H groups in total. The summed E-state index contributed by atoms with van der Waals surface area (Å²) in [6, 6.07) is 7.30. The Labute approximate surface area is 175 Å². The van der Waals surface area contributed by atoms with E-state index in [-0.39, 0.29) is 5.92 Å². The number of nitrogens with two attached hydrogens (primary N) is 1. The number of amides is 3. The standard InChI is InChI=1S/C20H28N6O2S/c1-13(2)16(17(27)22-18(21)28)29-20-24-23-19(25-11-5-4-6-12-25)26(20)15-9-7-14(3)8-10-15/h7-10,13,16H,4-6,11-12H2,1-3H3,(H3,21,22,27,28). The van der Waals surface area contributed by atoms with Crippen molar-refractivity contribution in [2.75, 3.05) is 18.0 Å². The first-order valence-electron chi connectivity index (χ1n) is 9.91. The van der Waals surface area contributed by atoms with E-state index in [0.717, 1.165) is 43.1 Å². The summed E-state index contributed by atoms with van der Waals surface area (Å²) in [7, 11) is 0. The molecule has 0 radical (unpaired) electrons. The number of urea groups is 1. The number of hydrogen-bond acceptors (Lipinski definition) is 6. The summed E-state index contributed by atoms with van der Waals surface area (Å²) in [5.74, 6) is 0.338. The highest BCUT2D eigenvalue weighted by atomic mass is 32.2. The van der Waals surface area contributed by atoms with Crippen LogP contribution in [0, 0.1) is 12.8 Å². The highest BCUT2D eigenvalue weighted by molar-refractivity contribution is 8.00. The van der Waals surface area contributed by atoms with Gasteiger partial charge in [-0.15, -0.1) is 10.2 Å². The highest BCUT2D eigenvalue weighted by Crippen LogP contribution is 2.33. The minimum atomic E-state index is -0.852. The molecule has 0 bridgehead atoms. The SMILES string of the molecule is Cc1ccc(-n2c(SC(C(=O)NC(N)=O)C(C)C)nnc2N2CCCCC2)cc1. The van der Waals surface area contributed by atoms with Crippen LogP contribution in [-0.2, 0) is 4.79 Å². The Hall–Kier alpha value is -2.55. The summed E-state index contributed by atoms with van der Waals surface area (Å²) < 4.78 is 2.00. The Balaban J connectivity index is 1.98. The number of rotatable bonds is 6. The molecule has 1 fully saturated rings. The number of nitrogens with zero attached hydrogens (tertiary/aromatic N) is 4. The summed E-state index contributed by atoms with van der Waals surface area (Å²) in [4.78, 5) is 25.9. The molecule has 1 aliphatic heterocycles. The van der Waals surface area contributed by atoms with Crippen LogP contribution in [0.4, 0.5) is 10.7 Å². The van der Waals surface area contributed by atoms with Crippen LogP contribution in [0.1, 0.15) is 38.7 Å². The molecule has 9 heteroatoms. The average molecular weight is 417 g/mol. The lowest BCUT2D eigenvalue weighted by Crippen LogP contribution is -2.42. The van der Waals surface area contributed by atoms with Crippen molar-refractivity contribution in [1.82, 2.24) is 20.1 Å². The van der Waals surface area contributed by atoms with Crippen LogP contribution in [-0.4, -0.2) is 45.0 Å². The third-order valence-corrected chi connectivity index (χ3v) is 6.38. The van der Waals surface area contributed by atoms with Crippen LogP contribution >= 0.6 is 11.8 Å². The first-order valence-corrected chi connectivity index (χ1v) is 10.8. The van der Waals surface area contributed by atoms with Gasteiger partial charge in [0.05, 0.1) is 10.9 Å². The predicted octanol–water partition coefficient (Wildman–Crippen LogP) is 2.88. The van der Waals surface area contributed by atoms with E-state index in [2.05, 4.69) is 20.4 Å². The van der Waals surface area contributed by atoms with Crippen LogP contribution < -0.4 is 16.0 Å². The van der Waals surface area contributed by atoms with Gasteiger partial charge < -0.3 is 10.6 Å². The molecule has 2 heterocycles. The fraction of sp³-hybridized carbons (Fsp3) is 0.500. The van der Waals surface area contributed by atoms with Crippen molar-refractivity contribution in [2.24, 2.45) is 11.7 Å². The lowest BCUT2D eigenvalue weighted by molar-refractivity contribution is -0.120.